The van der Waals surface area contributed by atoms with Crippen molar-refractivity contribution in [1.82, 2.24) is 9.78 Å². The zero-order chi connectivity index (χ0) is 29.3. The number of carbonyl (C=O) groups excluding carboxylic acids is 1. The highest BCUT2D eigenvalue weighted by Crippen LogP contribution is 2.28. The van der Waals surface area contributed by atoms with Crippen molar-refractivity contribution in [1.29, 1.82) is 5.26 Å². The number of para-hydroxylation sites is 1. The fraction of sp³-hybridized carbons (Fsp3) is 0.0882. The number of nitriles is 1. The molecule has 0 saturated heterocycles. The van der Waals surface area contributed by atoms with Crippen molar-refractivity contribution < 1.29 is 18.7 Å². The first-order valence-corrected chi connectivity index (χ1v) is 13.3. The molecule has 0 aliphatic carbocycles. The summed E-state index contributed by atoms with van der Waals surface area (Å²) >= 11 is 0. The molecule has 1 amide bonds. The van der Waals surface area contributed by atoms with Crippen molar-refractivity contribution in [3.8, 4) is 34.5 Å². The summed E-state index contributed by atoms with van der Waals surface area (Å²) in [6.07, 6.45) is 3.32. The fourth-order valence-corrected chi connectivity index (χ4v) is 4.19. The molecule has 0 unspecified atom stereocenters. The molecule has 5 aromatic rings. The van der Waals surface area contributed by atoms with Crippen LogP contribution >= 0.6 is 0 Å². The summed E-state index contributed by atoms with van der Waals surface area (Å²) in [7, 11) is 0. The first-order chi connectivity index (χ1) is 20.5. The van der Waals surface area contributed by atoms with Gasteiger partial charge in [0.1, 0.15) is 35.6 Å². The third-order valence-electron chi connectivity index (χ3n) is 6.30. The number of nitrogens with one attached hydrogen (secondary N) is 1. The Morgan fingerprint density at radius 2 is 1.60 bits per heavy atom. The number of hydrogen-bond donors (Lipinski definition) is 1. The Balaban J connectivity index is 1.41. The van der Waals surface area contributed by atoms with Gasteiger partial charge in [-0.1, -0.05) is 30.3 Å². The summed E-state index contributed by atoms with van der Waals surface area (Å²) < 4.78 is 26.2. The molecule has 5 rings (SSSR count). The average molecular weight is 559 g/mol. The quantitative estimate of drug-likeness (QED) is 0.145. The van der Waals surface area contributed by atoms with E-state index in [1.807, 2.05) is 67.6 Å². The topological polar surface area (TPSA) is 89.2 Å². The third-order valence-corrected chi connectivity index (χ3v) is 6.30. The van der Waals surface area contributed by atoms with Crippen LogP contribution in [0.15, 0.2) is 115 Å². The van der Waals surface area contributed by atoms with Crippen molar-refractivity contribution in [2.24, 2.45) is 0 Å². The van der Waals surface area contributed by atoms with Gasteiger partial charge in [0, 0.05) is 23.0 Å². The second kappa shape index (κ2) is 13.1. The zero-order valence-corrected chi connectivity index (χ0v) is 22.8. The van der Waals surface area contributed by atoms with Crippen molar-refractivity contribution in [3.63, 3.8) is 0 Å². The van der Waals surface area contributed by atoms with Crippen LogP contribution in [0.5, 0.6) is 11.5 Å². The van der Waals surface area contributed by atoms with Gasteiger partial charge in [0.2, 0.25) is 0 Å². The van der Waals surface area contributed by atoms with E-state index < -0.39 is 5.91 Å². The van der Waals surface area contributed by atoms with E-state index in [2.05, 4.69) is 5.32 Å². The first kappa shape index (κ1) is 27.9. The van der Waals surface area contributed by atoms with Gasteiger partial charge >= 0.3 is 0 Å². The van der Waals surface area contributed by atoms with Crippen LogP contribution in [0, 0.1) is 17.1 Å². The minimum absolute atomic E-state index is 0.0722. The van der Waals surface area contributed by atoms with Crippen LogP contribution in [-0.4, -0.2) is 22.3 Å². The molecule has 0 spiro atoms. The average Bonchev–Trinajstić information content (AvgIpc) is 3.45. The van der Waals surface area contributed by atoms with Crippen LogP contribution in [0.25, 0.3) is 23.0 Å². The number of halogens is 1. The van der Waals surface area contributed by atoms with Gasteiger partial charge in [-0.3, -0.25) is 4.79 Å². The molecule has 0 aliphatic heterocycles. The minimum Gasteiger partial charge on any atom is -0.494 e. The first-order valence-electron chi connectivity index (χ1n) is 13.3. The lowest BCUT2D eigenvalue weighted by molar-refractivity contribution is -0.112. The van der Waals surface area contributed by atoms with Crippen molar-refractivity contribution in [3.05, 3.63) is 132 Å². The monoisotopic (exact) mass is 558 g/mol. The largest absolute Gasteiger partial charge is 0.494 e. The Labute approximate surface area is 243 Å². The summed E-state index contributed by atoms with van der Waals surface area (Å²) in [6.45, 7) is 2.73. The number of anilines is 1. The molecule has 1 aromatic heterocycles. The standard InChI is InChI=1S/C34H27FN4O3/c1-2-41-31-18-14-29(15-19-31)37-34(40)26(21-36)20-27-22-39(30-6-4-3-5-7-30)38-33(27)25-10-16-32(17-11-25)42-23-24-8-12-28(35)13-9-24/h3-20,22H,2,23H2,1H3,(H,37,40). The van der Waals surface area contributed by atoms with Crippen molar-refractivity contribution in [2.75, 3.05) is 11.9 Å². The summed E-state index contributed by atoms with van der Waals surface area (Å²) in [5, 5.41) is 17.4. The number of carbonyl (C=O) groups is 1. The Morgan fingerprint density at radius 3 is 2.26 bits per heavy atom. The van der Waals surface area contributed by atoms with Crippen molar-refractivity contribution >= 4 is 17.7 Å². The SMILES string of the molecule is CCOc1ccc(NC(=O)C(C#N)=Cc2cn(-c3ccccc3)nc2-c2ccc(OCc3ccc(F)cc3)cc2)cc1. The Kier molecular flexibility index (Phi) is 8.70. The molecule has 0 bridgehead atoms. The lowest BCUT2D eigenvalue weighted by Crippen LogP contribution is -2.13. The van der Waals surface area contributed by atoms with Crippen LogP contribution in [0.4, 0.5) is 10.1 Å². The normalized spacial score (nSPS) is 11.0. The maximum atomic E-state index is 13.2. The Morgan fingerprint density at radius 1 is 0.929 bits per heavy atom. The number of nitrogens with zero attached hydrogens (tertiary/aromatic N) is 3. The number of hydrogen-bond acceptors (Lipinski definition) is 5. The highest BCUT2D eigenvalue weighted by molar-refractivity contribution is 6.10. The molecule has 8 heteroatoms. The molecular weight excluding hydrogens is 531 g/mol. The summed E-state index contributed by atoms with van der Waals surface area (Å²) in [4.78, 5) is 13.0. The summed E-state index contributed by atoms with van der Waals surface area (Å²) in [6, 6.07) is 32.0. The number of ether oxygens (including phenoxy) is 2. The number of amides is 1. The number of rotatable bonds is 10. The molecular formula is C34H27FN4O3. The second-order valence-electron chi connectivity index (χ2n) is 9.23. The van der Waals surface area contributed by atoms with Gasteiger partial charge in [-0.2, -0.15) is 10.4 Å². The maximum absolute atomic E-state index is 13.2. The zero-order valence-electron chi connectivity index (χ0n) is 22.8. The maximum Gasteiger partial charge on any atom is 0.266 e. The van der Waals surface area contributed by atoms with Gasteiger partial charge in [-0.25, -0.2) is 9.07 Å². The van der Waals surface area contributed by atoms with Crippen LogP contribution < -0.4 is 14.8 Å². The molecule has 208 valence electrons. The molecule has 7 nitrogen and oxygen atoms in total. The highest BCUT2D eigenvalue weighted by Gasteiger charge is 2.16. The van der Waals surface area contributed by atoms with E-state index >= 15 is 0 Å². The molecule has 0 saturated carbocycles. The molecule has 0 radical (unpaired) electrons. The molecule has 1 heterocycles. The predicted octanol–water partition coefficient (Wildman–Crippen LogP) is 7.20. The van der Waals surface area contributed by atoms with E-state index in [1.54, 1.807) is 47.3 Å². The van der Waals surface area contributed by atoms with Gasteiger partial charge in [0.15, 0.2) is 0 Å². The molecule has 42 heavy (non-hydrogen) atoms. The predicted molar refractivity (Wildman–Crippen MR) is 160 cm³/mol. The molecule has 0 aliphatic rings. The van der Waals surface area contributed by atoms with Crippen LogP contribution in [0.3, 0.4) is 0 Å². The van der Waals surface area contributed by atoms with E-state index in [1.165, 1.54) is 18.2 Å². The van der Waals surface area contributed by atoms with E-state index in [4.69, 9.17) is 14.6 Å². The van der Waals surface area contributed by atoms with E-state index in [-0.39, 0.29) is 11.4 Å². The fourth-order valence-electron chi connectivity index (χ4n) is 4.19. The molecule has 0 fully saturated rings. The van der Waals surface area contributed by atoms with E-state index in [0.29, 0.717) is 41.7 Å². The number of aromatic nitrogens is 2. The van der Waals surface area contributed by atoms with Crippen LogP contribution in [0.2, 0.25) is 0 Å². The van der Waals surface area contributed by atoms with Gasteiger partial charge in [-0.15, -0.1) is 0 Å². The van der Waals surface area contributed by atoms with Crippen LogP contribution in [0.1, 0.15) is 18.1 Å². The van der Waals surface area contributed by atoms with E-state index in [0.717, 1.165) is 16.8 Å². The summed E-state index contributed by atoms with van der Waals surface area (Å²) in [5.41, 5.74) is 4.10. The third kappa shape index (κ3) is 6.90. The molecule has 0 atom stereocenters. The Bertz CT molecular complexity index is 1720. The molecule has 1 N–H and O–H groups in total. The van der Waals surface area contributed by atoms with Gasteiger partial charge in [0.25, 0.3) is 5.91 Å². The lowest BCUT2D eigenvalue weighted by Gasteiger charge is -2.08. The molecule has 4 aromatic carbocycles. The smallest absolute Gasteiger partial charge is 0.266 e. The highest BCUT2D eigenvalue weighted by atomic mass is 19.1. The van der Waals surface area contributed by atoms with Gasteiger partial charge in [0.05, 0.1) is 18.0 Å². The van der Waals surface area contributed by atoms with Crippen molar-refractivity contribution in [2.45, 2.75) is 13.5 Å². The number of benzene rings is 4. The second-order valence-corrected chi connectivity index (χ2v) is 9.23. The Hall–Kier alpha value is -5.68. The van der Waals surface area contributed by atoms with Crippen LogP contribution in [-0.2, 0) is 11.4 Å². The van der Waals surface area contributed by atoms with Gasteiger partial charge in [-0.05, 0) is 91.4 Å². The lowest BCUT2D eigenvalue weighted by atomic mass is 10.1. The van der Waals surface area contributed by atoms with E-state index in [9.17, 15) is 14.4 Å². The minimum atomic E-state index is -0.537. The summed E-state index contributed by atoms with van der Waals surface area (Å²) in [5.74, 6) is 0.493. The van der Waals surface area contributed by atoms with Gasteiger partial charge < -0.3 is 14.8 Å².